The van der Waals surface area contributed by atoms with Crippen LogP contribution in [0.15, 0.2) is 4.90 Å². The summed E-state index contributed by atoms with van der Waals surface area (Å²) in [6.07, 6.45) is 4.40. The molecule has 2 aliphatic rings. The van der Waals surface area contributed by atoms with Gasteiger partial charge in [-0.3, -0.25) is 4.68 Å². The molecule has 1 saturated heterocycles. The number of aromatic nitrogens is 5. The van der Waals surface area contributed by atoms with Crippen LogP contribution in [0.3, 0.4) is 0 Å². The van der Waals surface area contributed by atoms with Gasteiger partial charge in [0, 0.05) is 26.1 Å². The van der Waals surface area contributed by atoms with Gasteiger partial charge < -0.3 is 9.30 Å². The first-order valence-electron chi connectivity index (χ1n) is 9.51. The van der Waals surface area contributed by atoms with E-state index in [2.05, 4.69) is 19.9 Å². The van der Waals surface area contributed by atoms with E-state index in [9.17, 15) is 8.42 Å². The van der Waals surface area contributed by atoms with Gasteiger partial charge in [0.05, 0.1) is 24.6 Å². The van der Waals surface area contributed by atoms with Crippen molar-refractivity contribution in [1.82, 2.24) is 28.9 Å². The standard InChI is InChI=1S/C17H26N6O3S/c1-13-17(27(24,25)21-8-10-26-11-9-21)14(2)23(20-13)12-16-19-18-15-6-4-3-5-7-22(15)16/h3-12H2,1-2H3. The number of hydrogen-bond acceptors (Lipinski definition) is 6. The molecule has 10 heteroatoms. The smallest absolute Gasteiger partial charge is 0.246 e. The molecule has 0 atom stereocenters. The van der Waals surface area contributed by atoms with Gasteiger partial charge >= 0.3 is 0 Å². The Hall–Kier alpha value is -1.78. The molecule has 0 radical (unpaired) electrons. The van der Waals surface area contributed by atoms with E-state index in [1.165, 1.54) is 10.7 Å². The second-order valence-corrected chi connectivity index (χ2v) is 9.04. The van der Waals surface area contributed by atoms with Crippen molar-refractivity contribution in [3.05, 3.63) is 23.0 Å². The molecule has 0 saturated carbocycles. The molecule has 0 spiro atoms. The molecule has 2 aliphatic heterocycles. The van der Waals surface area contributed by atoms with Crippen LogP contribution in [-0.2, 0) is 34.3 Å². The molecule has 2 aromatic heterocycles. The molecule has 0 unspecified atom stereocenters. The van der Waals surface area contributed by atoms with Gasteiger partial charge in [-0.25, -0.2) is 8.42 Å². The maximum absolute atomic E-state index is 13.1. The lowest BCUT2D eigenvalue weighted by Crippen LogP contribution is -2.41. The van der Waals surface area contributed by atoms with Crippen LogP contribution in [0.2, 0.25) is 0 Å². The molecule has 4 heterocycles. The highest BCUT2D eigenvalue weighted by Gasteiger charge is 2.32. The van der Waals surface area contributed by atoms with Crippen molar-refractivity contribution in [3.8, 4) is 0 Å². The van der Waals surface area contributed by atoms with Gasteiger partial charge in [-0.15, -0.1) is 10.2 Å². The van der Waals surface area contributed by atoms with Gasteiger partial charge in [-0.1, -0.05) is 6.42 Å². The molecular weight excluding hydrogens is 368 g/mol. The average molecular weight is 395 g/mol. The number of aryl methyl sites for hydroxylation is 2. The number of fused-ring (bicyclic) bond motifs is 1. The molecule has 0 N–H and O–H groups in total. The quantitative estimate of drug-likeness (QED) is 0.764. The largest absolute Gasteiger partial charge is 0.379 e. The number of nitrogens with zero attached hydrogens (tertiary/aromatic N) is 6. The van der Waals surface area contributed by atoms with Crippen LogP contribution in [0.1, 0.15) is 42.3 Å². The summed E-state index contributed by atoms with van der Waals surface area (Å²) in [6.45, 7) is 6.52. The van der Waals surface area contributed by atoms with E-state index in [0.29, 0.717) is 49.1 Å². The van der Waals surface area contributed by atoms with Crippen molar-refractivity contribution in [3.63, 3.8) is 0 Å². The first-order valence-corrected chi connectivity index (χ1v) is 11.0. The van der Waals surface area contributed by atoms with Gasteiger partial charge in [0.25, 0.3) is 0 Å². The molecule has 0 aliphatic carbocycles. The second-order valence-electron chi connectivity index (χ2n) is 7.17. The number of sulfonamides is 1. The Bertz CT molecular complexity index is 927. The molecule has 1 fully saturated rings. The lowest BCUT2D eigenvalue weighted by molar-refractivity contribution is 0.0730. The highest BCUT2D eigenvalue weighted by Crippen LogP contribution is 2.25. The van der Waals surface area contributed by atoms with Crippen molar-refractivity contribution in [2.75, 3.05) is 26.3 Å². The Morgan fingerprint density at radius 2 is 1.81 bits per heavy atom. The van der Waals surface area contributed by atoms with E-state index in [0.717, 1.165) is 37.5 Å². The third-order valence-electron chi connectivity index (χ3n) is 5.36. The molecule has 4 rings (SSSR count). The predicted octanol–water partition coefficient (Wildman–Crippen LogP) is 0.887. The van der Waals surface area contributed by atoms with Gasteiger partial charge in [-0.05, 0) is 26.7 Å². The Balaban J connectivity index is 1.65. The second kappa shape index (κ2) is 7.33. The molecule has 27 heavy (non-hydrogen) atoms. The number of ether oxygens (including phenoxy) is 1. The molecule has 0 aromatic carbocycles. The van der Waals surface area contributed by atoms with E-state index in [-0.39, 0.29) is 0 Å². The summed E-state index contributed by atoms with van der Waals surface area (Å²) in [5, 5.41) is 13.2. The van der Waals surface area contributed by atoms with Crippen LogP contribution in [0.5, 0.6) is 0 Å². The molecule has 0 amide bonds. The predicted molar refractivity (Wildman–Crippen MR) is 98.0 cm³/mol. The van der Waals surface area contributed by atoms with Crippen LogP contribution < -0.4 is 0 Å². The number of morpholine rings is 1. The van der Waals surface area contributed by atoms with Crippen molar-refractivity contribution in [2.45, 2.75) is 57.5 Å². The normalized spacial score (nSPS) is 19.0. The van der Waals surface area contributed by atoms with E-state index in [1.54, 1.807) is 11.6 Å². The summed E-state index contributed by atoms with van der Waals surface area (Å²) >= 11 is 0. The number of hydrogen-bond donors (Lipinski definition) is 0. The summed E-state index contributed by atoms with van der Waals surface area (Å²) in [5.74, 6) is 1.86. The topological polar surface area (TPSA) is 95.1 Å². The SMILES string of the molecule is Cc1nn(Cc2nnc3n2CCCCC3)c(C)c1S(=O)(=O)N1CCOCC1. The van der Waals surface area contributed by atoms with Crippen molar-refractivity contribution in [2.24, 2.45) is 0 Å². The highest BCUT2D eigenvalue weighted by molar-refractivity contribution is 7.89. The summed E-state index contributed by atoms with van der Waals surface area (Å²) in [7, 11) is -3.58. The first kappa shape index (κ1) is 18.6. The zero-order valence-electron chi connectivity index (χ0n) is 15.9. The fourth-order valence-corrected chi connectivity index (χ4v) is 5.70. The molecule has 9 nitrogen and oxygen atoms in total. The molecule has 148 valence electrons. The summed E-state index contributed by atoms with van der Waals surface area (Å²) in [6, 6.07) is 0. The zero-order valence-corrected chi connectivity index (χ0v) is 16.7. The van der Waals surface area contributed by atoms with E-state index < -0.39 is 10.0 Å². The zero-order chi connectivity index (χ0) is 19.0. The van der Waals surface area contributed by atoms with Gasteiger partial charge in [0.15, 0.2) is 5.82 Å². The van der Waals surface area contributed by atoms with Crippen molar-refractivity contribution in [1.29, 1.82) is 0 Å². The first-order chi connectivity index (χ1) is 13.0. The fourth-order valence-electron chi connectivity index (χ4n) is 3.92. The van der Waals surface area contributed by atoms with Gasteiger partial charge in [0.1, 0.15) is 17.3 Å². The maximum Gasteiger partial charge on any atom is 0.246 e. The minimum Gasteiger partial charge on any atom is -0.379 e. The van der Waals surface area contributed by atoms with Crippen molar-refractivity contribution >= 4 is 10.0 Å². The monoisotopic (exact) mass is 394 g/mol. The molecule has 2 aromatic rings. The van der Waals surface area contributed by atoms with Crippen LogP contribution in [-0.4, -0.2) is 63.6 Å². The lowest BCUT2D eigenvalue weighted by Gasteiger charge is -2.26. The summed E-state index contributed by atoms with van der Waals surface area (Å²) in [5.41, 5.74) is 1.17. The Kier molecular flexibility index (Phi) is 5.04. The molecular formula is C17H26N6O3S. The van der Waals surface area contributed by atoms with Gasteiger partial charge in [0.2, 0.25) is 10.0 Å². The van der Waals surface area contributed by atoms with Crippen molar-refractivity contribution < 1.29 is 13.2 Å². The maximum atomic E-state index is 13.1. The fraction of sp³-hybridized carbons (Fsp3) is 0.706. The van der Waals surface area contributed by atoms with E-state index in [1.807, 2.05) is 6.92 Å². The molecule has 0 bridgehead atoms. The minimum absolute atomic E-state index is 0.306. The average Bonchev–Trinajstić information content (AvgIpc) is 3.05. The van der Waals surface area contributed by atoms with Crippen LogP contribution >= 0.6 is 0 Å². The third kappa shape index (κ3) is 3.41. The van der Waals surface area contributed by atoms with E-state index >= 15 is 0 Å². The summed E-state index contributed by atoms with van der Waals surface area (Å²) in [4.78, 5) is 0.306. The summed E-state index contributed by atoms with van der Waals surface area (Å²) < 4.78 is 36.9. The Morgan fingerprint density at radius 3 is 2.59 bits per heavy atom. The highest BCUT2D eigenvalue weighted by atomic mass is 32.2. The Morgan fingerprint density at radius 1 is 1.04 bits per heavy atom. The Labute approximate surface area is 159 Å². The van der Waals surface area contributed by atoms with E-state index in [4.69, 9.17) is 4.74 Å². The third-order valence-corrected chi connectivity index (χ3v) is 7.51. The lowest BCUT2D eigenvalue weighted by atomic mass is 10.2. The van der Waals surface area contributed by atoms with Crippen LogP contribution in [0.25, 0.3) is 0 Å². The van der Waals surface area contributed by atoms with Crippen LogP contribution in [0, 0.1) is 13.8 Å². The number of rotatable bonds is 4. The van der Waals surface area contributed by atoms with Crippen LogP contribution in [0.4, 0.5) is 0 Å². The van der Waals surface area contributed by atoms with Gasteiger partial charge in [-0.2, -0.15) is 9.40 Å². The minimum atomic E-state index is -3.58.